The molecule has 0 spiro atoms. The van der Waals surface area contributed by atoms with E-state index in [1.165, 1.54) is 6.07 Å². The van der Waals surface area contributed by atoms with Crippen LogP contribution in [0.2, 0.25) is 0 Å². The quantitative estimate of drug-likeness (QED) is 0.848. The number of nitrogens with zero attached hydrogens (tertiary/aromatic N) is 2. The van der Waals surface area contributed by atoms with Gasteiger partial charge in [0.05, 0.1) is 0 Å². The number of halogens is 1. The third kappa shape index (κ3) is 4.11. The Hall–Kier alpha value is -1.75. The number of likely N-dealkylation sites (N-methyl/N-ethyl adjacent to an activating group) is 1. The Labute approximate surface area is 124 Å². The second kappa shape index (κ2) is 7.31. The Bertz CT molecular complexity index is 577. The van der Waals surface area contributed by atoms with E-state index in [1.807, 2.05) is 0 Å². The Balaban J connectivity index is 2.11. The van der Waals surface area contributed by atoms with Gasteiger partial charge in [0.15, 0.2) is 0 Å². The van der Waals surface area contributed by atoms with Gasteiger partial charge in [0.25, 0.3) is 0 Å². The molecule has 0 aliphatic heterocycles. The Morgan fingerprint density at radius 2 is 2.14 bits per heavy atom. The lowest BCUT2D eigenvalue weighted by atomic mass is 10.1. The molecule has 1 aromatic carbocycles. The molecule has 0 aliphatic rings. The van der Waals surface area contributed by atoms with Crippen LogP contribution in [-0.4, -0.2) is 22.7 Å². The van der Waals surface area contributed by atoms with E-state index in [4.69, 9.17) is 4.52 Å². The van der Waals surface area contributed by atoms with Crippen LogP contribution in [0.5, 0.6) is 0 Å². The van der Waals surface area contributed by atoms with Crippen LogP contribution in [0.15, 0.2) is 22.7 Å². The maximum absolute atomic E-state index is 13.3. The van der Waals surface area contributed by atoms with Crippen LogP contribution in [0, 0.1) is 12.7 Å². The van der Waals surface area contributed by atoms with Gasteiger partial charge in [-0.3, -0.25) is 0 Å². The Morgan fingerprint density at radius 3 is 2.81 bits per heavy atom. The normalized spacial score (nSPS) is 12.6. The van der Waals surface area contributed by atoms with Gasteiger partial charge in [0.2, 0.25) is 11.7 Å². The van der Waals surface area contributed by atoms with Gasteiger partial charge in [-0.05, 0) is 43.7 Å². The molecule has 2 aromatic rings. The molecule has 1 unspecified atom stereocenters. The minimum absolute atomic E-state index is 0.224. The Morgan fingerprint density at radius 1 is 1.33 bits per heavy atom. The van der Waals surface area contributed by atoms with Crippen LogP contribution in [0.1, 0.15) is 38.1 Å². The highest BCUT2D eigenvalue weighted by Crippen LogP contribution is 2.19. The van der Waals surface area contributed by atoms with Crippen molar-refractivity contribution in [2.24, 2.45) is 0 Å². The average molecular weight is 291 g/mol. The molecule has 1 aromatic heterocycles. The lowest BCUT2D eigenvalue weighted by Gasteiger charge is -2.14. The fourth-order valence-corrected chi connectivity index (χ4v) is 2.36. The highest BCUT2D eigenvalue weighted by molar-refractivity contribution is 5.55. The van der Waals surface area contributed by atoms with Crippen LogP contribution < -0.4 is 5.32 Å². The molecule has 1 atom stereocenters. The minimum atomic E-state index is -0.224. The number of aromatic nitrogens is 2. The summed E-state index contributed by atoms with van der Waals surface area (Å²) >= 11 is 0. The fourth-order valence-electron chi connectivity index (χ4n) is 2.36. The third-order valence-corrected chi connectivity index (χ3v) is 3.44. The van der Waals surface area contributed by atoms with E-state index in [0.717, 1.165) is 31.4 Å². The first kappa shape index (κ1) is 15.6. The highest BCUT2D eigenvalue weighted by atomic mass is 19.1. The van der Waals surface area contributed by atoms with Gasteiger partial charge in [0.1, 0.15) is 5.82 Å². The zero-order chi connectivity index (χ0) is 15.2. The topological polar surface area (TPSA) is 51.0 Å². The zero-order valence-electron chi connectivity index (χ0n) is 12.8. The molecule has 5 heteroatoms. The summed E-state index contributed by atoms with van der Waals surface area (Å²) in [5.41, 5.74) is 1.36. The first-order valence-corrected chi connectivity index (χ1v) is 7.46. The van der Waals surface area contributed by atoms with Gasteiger partial charge >= 0.3 is 0 Å². The third-order valence-electron chi connectivity index (χ3n) is 3.44. The molecule has 4 nitrogen and oxygen atoms in total. The molecular weight excluding hydrogens is 269 g/mol. The van der Waals surface area contributed by atoms with Crippen LogP contribution in [0.4, 0.5) is 4.39 Å². The molecule has 0 fully saturated rings. The summed E-state index contributed by atoms with van der Waals surface area (Å²) in [6.45, 7) is 6.89. The summed E-state index contributed by atoms with van der Waals surface area (Å²) in [6, 6.07) is 5.19. The van der Waals surface area contributed by atoms with Crippen molar-refractivity contribution in [2.75, 3.05) is 6.54 Å². The van der Waals surface area contributed by atoms with Gasteiger partial charge in [-0.2, -0.15) is 4.98 Å². The van der Waals surface area contributed by atoms with E-state index in [0.29, 0.717) is 23.3 Å². The summed E-state index contributed by atoms with van der Waals surface area (Å²) in [6.07, 6.45) is 2.89. The van der Waals surface area contributed by atoms with Crippen LogP contribution in [-0.2, 0) is 6.42 Å². The van der Waals surface area contributed by atoms with Gasteiger partial charge < -0.3 is 9.84 Å². The molecule has 0 saturated carbocycles. The number of benzene rings is 1. The zero-order valence-corrected chi connectivity index (χ0v) is 12.8. The predicted molar refractivity (Wildman–Crippen MR) is 80.5 cm³/mol. The number of nitrogens with one attached hydrogen (secondary N) is 1. The molecule has 0 amide bonds. The molecule has 21 heavy (non-hydrogen) atoms. The average Bonchev–Trinajstić information content (AvgIpc) is 2.91. The van der Waals surface area contributed by atoms with E-state index in [9.17, 15) is 4.39 Å². The summed E-state index contributed by atoms with van der Waals surface area (Å²) in [7, 11) is 0. The first-order valence-electron chi connectivity index (χ1n) is 7.46. The van der Waals surface area contributed by atoms with E-state index >= 15 is 0 Å². The van der Waals surface area contributed by atoms with Gasteiger partial charge in [-0.1, -0.05) is 25.4 Å². The number of hydrogen-bond acceptors (Lipinski definition) is 4. The van der Waals surface area contributed by atoms with Gasteiger partial charge in [-0.15, -0.1) is 0 Å². The van der Waals surface area contributed by atoms with Crippen molar-refractivity contribution < 1.29 is 8.91 Å². The molecule has 0 saturated heterocycles. The monoisotopic (exact) mass is 291 g/mol. The molecular formula is C16H22FN3O. The van der Waals surface area contributed by atoms with Crippen molar-refractivity contribution >= 4 is 0 Å². The van der Waals surface area contributed by atoms with Crippen molar-refractivity contribution in [3.8, 4) is 11.4 Å². The van der Waals surface area contributed by atoms with E-state index in [-0.39, 0.29) is 5.82 Å². The van der Waals surface area contributed by atoms with Crippen LogP contribution in [0.3, 0.4) is 0 Å². The van der Waals surface area contributed by atoms with Crippen molar-refractivity contribution in [1.82, 2.24) is 15.5 Å². The maximum atomic E-state index is 13.3. The highest BCUT2D eigenvalue weighted by Gasteiger charge is 2.14. The lowest BCUT2D eigenvalue weighted by Crippen LogP contribution is -2.30. The number of rotatable bonds is 7. The minimum Gasteiger partial charge on any atom is -0.339 e. The Kier molecular flexibility index (Phi) is 5.44. The molecule has 1 heterocycles. The van der Waals surface area contributed by atoms with E-state index in [2.05, 4.69) is 29.3 Å². The van der Waals surface area contributed by atoms with Crippen molar-refractivity contribution in [1.29, 1.82) is 0 Å². The van der Waals surface area contributed by atoms with E-state index < -0.39 is 0 Å². The van der Waals surface area contributed by atoms with Crippen molar-refractivity contribution in [3.63, 3.8) is 0 Å². The molecule has 2 rings (SSSR count). The SMILES string of the molecule is CCCC(Cc1nc(-c2ccc(F)c(C)c2)no1)NCC. The van der Waals surface area contributed by atoms with E-state index in [1.54, 1.807) is 19.1 Å². The van der Waals surface area contributed by atoms with Crippen LogP contribution in [0.25, 0.3) is 11.4 Å². The molecule has 0 bridgehead atoms. The fraction of sp³-hybridized carbons (Fsp3) is 0.500. The van der Waals surface area contributed by atoms with Crippen molar-refractivity contribution in [2.45, 2.75) is 46.1 Å². The first-order chi connectivity index (χ1) is 10.1. The summed E-state index contributed by atoms with van der Waals surface area (Å²) < 4.78 is 18.6. The summed E-state index contributed by atoms with van der Waals surface area (Å²) in [4.78, 5) is 4.42. The predicted octanol–water partition coefficient (Wildman–Crippen LogP) is 3.50. The standard InChI is InChI=1S/C16H22FN3O/c1-4-6-13(18-5-2)10-15-19-16(20-21-15)12-7-8-14(17)11(3)9-12/h7-9,13,18H,4-6,10H2,1-3H3. The largest absolute Gasteiger partial charge is 0.339 e. The second-order valence-corrected chi connectivity index (χ2v) is 5.22. The summed E-state index contributed by atoms with van der Waals surface area (Å²) in [5.74, 6) is 0.906. The maximum Gasteiger partial charge on any atom is 0.228 e. The number of hydrogen-bond donors (Lipinski definition) is 1. The molecule has 1 N–H and O–H groups in total. The molecule has 0 aliphatic carbocycles. The van der Waals surface area contributed by atoms with Crippen LogP contribution >= 0.6 is 0 Å². The molecule has 114 valence electrons. The van der Waals surface area contributed by atoms with Gasteiger partial charge in [-0.25, -0.2) is 4.39 Å². The molecule has 0 radical (unpaired) electrons. The van der Waals surface area contributed by atoms with Crippen molar-refractivity contribution in [3.05, 3.63) is 35.5 Å². The summed E-state index contributed by atoms with van der Waals surface area (Å²) in [5, 5.41) is 7.41. The van der Waals surface area contributed by atoms with Gasteiger partial charge in [0, 0.05) is 18.0 Å². The smallest absolute Gasteiger partial charge is 0.228 e. The lowest BCUT2D eigenvalue weighted by molar-refractivity contribution is 0.352. The second-order valence-electron chi connectivity index (χ2n) is 5.22. The number of aryl methyl sites for hydroxylation is 1.